The molecular weight excluding hydrogens is 206 g/mol. The van der Waals surface area contributed by atoms with Crippen LogP contribution in [-0.4, -0.2) is 12.6 Å². The zero-order valence-electron chi connectivity index (χ0n) is 9.59. The number of halogens is 1. The van der Waals surface area contributed by atoms with Gasteiger partial charge in [-0.05, 0) is 43.5 Å². The molecule has 15 heavy (non-hydrogen) atoms. The summed E-state index contributed by atoms with van der Waals surface area (Å²) in [5.41, 5.74) is 1.32. The Kier molecular flexibility index (Phi) is 5.74. The molecule has 0 aliphatic heterocycles. The lowest BCUT2D eigenvalue weighted by Gasteiger charge is -2.16. The number of nitrogens with one attached hydrogen (secondary N) is 1. The fourth-order valence-corrected chi connectivity index (χ4v) is 1.87. The molecular formula is C13H20ClN. The average Bonchev–Trinajstić information content (AvgIpc) is 2.24. The summed E-state index contributed by atoms with van der Waals surface area (Å²) in [5.74, 6) is 0. The lowest BCUT2D eigenvalue weighted by molar-refractivity contribution is 0.495. The molecule has 0 aliphatic carbocycles. The van der Waals surface area contributed by atoms with Crippen molar-refractivity contribution in [2.24, 2.45) is 0 Å². The zero-order chi connectivity index (χ0) is 11.1. The van der Waals surface area contributed by atoms with E-state index in [4.69, 9.17) is 11.6 Å². The van der Waals surface area contributed by atoms with Gasteiger partial charge in [-0.15, -0.1) is 0 Å². The third kappa shape index (κ3) is 4.67. The highest BCUT2D eigenvalue weighted by Crippen LogP contribution is 2.13. The number of hydrogen-bond donors (Lipinski definition) is 1. The molecule has 0 saturated heterocycles. The van der Waals surface area contributed by atoms with Crippen molar-refractivity contribution >= 4 is 11.6 Å². The molecule has 0 heterocycles. The maximum Gasteiger partial charge on any atom is 0.0408 e. The van der Waals surface area contributed by atoms with E-state index in [1.54, 1.807) is 0 Å². The largest absolute Gasteiger partial charge is 0.314 e. The molecule has 1 N–H and O–H groups in total. The van der Waals surface area contributed by atoms with Gasteiger partial charge in [0.15, 0.2) is 0 Å². The third-order valence-electron chi connectivity index (χ3n) is 2.55. The van der Waals surface area contributed by atoms with Gasteiger partial charge in [0, 0.05) is 11.1 Å². The van der Waals surface area contributed by atoms with Crippen molar-refractivity contribution in [2.75, 3.05) is 6.54 Å². The van der Waals surface area contributed by atoms with Crippen LogP contribution in [-0.2, 0) is 6.42 Å². The Morgan fingerprint density at radius 3 is 2.73 bits per heavy atom. The smallest absolute Gasteiger partial charge is 0.0408 e. The summed E-state index contributed by atoms with van der Waals surface area (Å²) in [4.78, 5) is 0. The molecule has 1 nitrogen and oxygen atoms in total. The molecule has 1 aromatic rings. The van der Waals surface area contributed by atoms with Gasteiger partial charge in [0.2, 0.25) is 0 Å². The highest BCUT2D eigenvalue weighted by Gasteiger charge is 2.05. The van der Waals surface area contributed by atoms with Gasteiger partial charge >= 0.3 is 0 Å². The zero-order valence-corrected chi connectivity index (χ0v) is 10.3. The summed E-state index contributed by atoms with van der Waals surface area (Å²) in [6.07, 6.45) is 3.41. The summed E-state index contributed by atoms with van der Waals surface area (Å²) < 4.78 is 0. The maximum absolute atomic E-state index is 5.96. The van der Waals surface area contributed by atoms with Crippen LogP contribution in [0.2, 0.25) is 5.02 Å². The van der Waals surface area contributed by atoms with E-state index in [-0.39, 0.29) is 0 Å². The molecule has 0 fully saturated rings. The summed E-state index contributed by atoms with van der Waals surface area (Å²) in [6.45, 7) is 5.51. The van der Waals surface area contributed by atoms with Gasteiger partial charge in [-0.1, -0.05) is 37.6 Å². The van der Waals surface area contributed by atoms with Crippen LogP contribution in [0.25, 0.3) is 0 Å². The molecule has 0 saturated carbocycles. The topological polar surface area (TPSA) is 12.0 Å². The first-order chi connectivity index (χ1) is 7.26. The van der Waals surface area contributed by atoms with Crippen molar-refractivity contribution in [3.63, 3.8) is 0 Å². The fraction of sp³-hybridized carbons (Fsp3) is 0.538. The Morgan fingerprint density at radius 2 is 2.13 bits per heavy atom. The van der Waals surface area contributed by atoms with E-state index in [1.165, 1.54) is 12.0 Å². The first kappa shape index (κ1) is 12.5. The summed E-state index contributed by atoms with van der Waals surface area (Å²) >= 11 is 5.96. The van der Waals surface area contributed by atoms with Crippen LogP contribution in [0.15, 0.2) is 24.3 Å². The first-order valence-corrected chi connectivity index (χ1v) is 6.11. The highest BCUT2D eigenvalue weighted by atomic mass is 35.5. The van der Waals surface area contributed by atoms with Crippen LogP contribution in [0.3, 0.4) is 0 Å². The van der Waals surface area contributed by atoms with Crippen LogP contribution >= 0.6 is 11.6 Å². The Hall–Kier alpha value is -0.530. The lowest BCUT2D eigenvalue weighted by atomic mass is 10.0. The van der Waals surface area contributed by atoms with Crippen LogP contribution in [0.4, 0.5) is 0 Å². The predicted molar refractivity (Wildman–Crippen MR) is 67.5 cm³/mol. The molecule has 84 valence electrons. The minimum absolute atomic E-state index is 0.573. The fourth-order valence-electron chi connectivity index (χ4n) is 1.66. The van der Waals surface area contributed by atoms with Gasteiger partial charge in [0.25, 0.3) is 0 Å². The van der Waals surface area contributed by atoms with Crippen LogP contribution in [0, 0.1) is 0 Å². The summed E-state index contributed by atoms with van der Waals surface area (Å²) in [5, 5.41) is 4.38. The quantitative estimate of drug-likeness (QED) is 0.779. The second-order valence-corrected chi connectivity index (χ2v) is 4.33. The molecule has 0 aromatic heterocycles. The van der Waals surface area contributed by atoms with E-state index in [9.17, 15) is 0 Å². The molecule has 1 atom stereocenters. The van der Waals surface area contributed by atoms with Crippen molar-refractivity contribution < 1.29 is 0 Å². The second kappa shape index (κ2) is 6.86. The lowest BCUT2D eigenvalue weighted by Crippen LogP contribution is -2.31. The van der Waals surface area contributed by atoms with Gasteiger partial charge in [-0.25, -0.2) is 0 Å². The van der Waals surface area contributed by atoms with E-state index in [2.05, 4.69) is 31.3 Å². The molecule has 0 spiro atoms. The summed E-state index contributed by atoms with van der Waals surface area (Å²) in [7, 11) is 0. The predicted octanol–water partition coefficient (Wildman–Crippen LogP) is 3.66. The van der Waals surface area contributed by atoms with Gasteiger partial charge in [0.1, 0.15) is 0 Å². The molecule has 1 aromatic carbocycles. The van der Waals surface area contributed by atoms with E-state index >= 15 is 0 Å². The molecule has 1 unspecified atom stereocenters. The van der Waals surface area contributed by atoms with Gasteiger partial charge < -0.3 is 5.32 Å². The van der Waals surface area contributed by atoms with Crippen LogP contribution in [0.1, 0.15) is 32.3 Å². The van der Waals surface area contributed by atoms with E-state index in [0.29, 0.717) is 6.04 Å². The van der Waals surface area contributed by atoms with Crippen molar-refractivity contribution in [3.8, 4) is 0 Å². The van der Waals surface area contributed by atoms with Crippen LogP contribution in [0.5, 0.6) is 0 Å². The SMILES string of the molecule is CCCNC(CC)Cc1cccc(Cl)c1. The van der Waals surface area contributed by atoms with Crippen molar-refractivity contribution in [2.45, 2.75) is 39.2 Å². The standard InChI is InChI=1S/C13H20ClN/c1-3-8-15-13(4-2)10-11-6-5-7-12(14)9-11/h5-7,9,13,15H,3-4,8,10H2,1-2H3. The molecule has 0 amide bonds. The van der Waals surface area contributed by atoms with Gasteiger partial charge in [0.05, 0.1) is 0 Å². The minimum Gasteiger partial charge on any atom is -0.314 e. The van der Waals surface area contributed by atoms with E-state index in [1.807, 2.05) is 12.1 Å². The van der Waals surface area contributed by atoms with E-state index < -0.39 is 0 Å². The number of rotatable bonds is 6. The Balaban J connectivity index is 2.50. The molecule has 2 heteroatoms. The number of benzene rings is 1. The molecule has 0 radical (unpaired) electrons. The minimum atomic E-state index is 0.573. The molecule has 1 rings (SSSR count). The van der Waals surface area contributed by atoms with Crippen molar-refractivity contribution in [1.29, 1.82) is 0 Å². The van der Waals surface area contributed by atoms with Gasteiger partial charge in [-0.3, -0.25) is 0 Å². The van der Waals surface area contributed by atoms with E-state index in [0.717, 1.165) is 24.4 Å². The number of hydrogen-bond acceptors (Lipinski definition) is 1. The van der Waals surface area contributed by atoms with Crippen molar-refractivity contribution in [1.82, 2.24) is 5.32 Å². The average molecular weight is 226 g/mol. The molecule has 0 aliphatic rings. The van der Waals surface area contributed by atoms with Gasteiger partial charge in [-0.2, -0.15) is 0 Å². The first-order valence-electron chi connectivity index (χ1n) is 5.74. The third-order valence-corrected chi connectivity index (χ3v) is 2.78. The second-order valence-electron chi connectivity index (χ2n) is 3.89. The molecule has 0 bridgehead atoms. The Labute approximate surface area is 97.8 Å². The maximum atomic E-state index is 5.96. The van der Waals surface area contributed by atoms with Crippen molar-refractivity contribution in [3.05, 3.63) is 34.9 Å². The Bertz CT molecular complexity index is 286. The van der Waals surface area contributed by atoms with Crippen LogP contribution < -0.4 is 5.32 Å². The highest BCUT2D eigenvalue weighted by molar-refractivity contribution is 6.30. The monoisotopic (exact) mass is 225 g/mol. The normalized spacial score (nSPS) is 12.7. The Morgan fingerprint density at radius 1 is 1.33 bits per heavy atom. The summed E-state index contributed by atoms with van der Waals surface area (Å²) in [6, 6.07) is 8.71.